The first-order chi connectivity index (χ1) is 10.6. The Bertz CT molecular complexity index is 620. The summed E-state index contributed by atoms with van der Waals surface area (Å²) in [6, 6.07) is 13.9. The molecule has 118 valence electrons. The lowest BCUT2D eigenvalue weighted by Crippen LogP contribution is -2.37. The van der Waals surface area contributed by atoms with Crippen molar-refractivity contribution in [3.05, 3.63) is 42.5 Å². The lowest BCUT2D eigenvalue weighted by Gasteiger charge is -2.16. The van der Waals surface area contributed by atoms with Gasteiger partial charge in [0.05, 0.1) is 0 Å². The van der Waals surface area contributed by atoms with Crippen molar-refractivity contribution in [1.29, 1.82) is 0 Å². The lowest BCUT2D eigenvalue weighted by molar-refractivity contribution is -0.127. The highest BCUT2D eigenvalue weighted by Crippen LogP contribution is 2.25. The monoisotopic (exact) mass is 300 g/mol. The van der Waals surface area contributed by atoms with E-state index in [9.17, 15) is 4.79 Å². The molecule has 0 aliphatic heterocycles. The minimum Gasteiger partial charge on any atom is -0.480 e. The van der Waals surface area contributed by atoms with E-state index in [1.165, 1.54) is 0 Å². The molecule has 1 amide bonds. The Morgan fingerprint density at radius 2 is 1.91 bits per heavy atom. The second-order valence-corrected chi connectivity index (χ2v) is 5.69. The number of ether oxygens (including phenoxy) is 1. The van der Waals surface area contributed by atoms with Crippen LogP contribution in [-0.2, 0) is 4.79 Å². The molecule has 2 aromatic carbocycles. The summed E-state index contributed by atoms with van der Waals surface area (Å²) in [4.78, 5) is 14.2. The minimum atomic E-state index is -0.509. The van der Waals surface area contributed by atoms with Gasteiger partial charge in [-0.15, -0.1) is 0 Å². The maximum Gasteiger partial charge on any atom is 0.260 e. The zero-order chi connectivity index (χ0) is 15.9. The molecule has 0 bridgehead atoms. The molecule has 0 aliphatic rings. The van der Waals surface area contributed by atoms with E-state index in [1.807, 2.05) is 56.6 Å². The summed E-state index contributed by atoms with van der Waals surface area (Å²) >= 11 is 0. The molecule has 0 fully saturated rings. The number of carbonyl (C=O) groups excluding carboxylic acids is 1. The van der Waals surface area contributed by atoms with E-state index in [1.54, 1.807) is 6.92 Å². The number of amides is 1. The molecule has 4 nitrogen and oxygen atoms in total. The van der Waals surface area contributed by atoms with Gasteiger partial charge in [0.1, 0.15) is 5.75 Å². The fourth-order valence-corrected chi connectivity index (χ4v) is 2.29. The Balaban J connectivity index is 1.93. The van der Waals surface area contributed by atoms with Crippen molar-refractivity contribution in [2.24, 2.45) is 0 Å². The highest BCUT2D eigenvalue weighted by Gasteiger charge is 2.15. The molecule has 1 N–H and O–H groups in total. The summed E-state index contributed by atoms with van der Waals surface area (Å²) < 4.78 is 5.85. The topological polar surface area (TPSA) is 41.6 Å². The van der Waals surface area contributed by atoms with E-state index in [2.05, 4.69) is 10.2 Å². The van der Waals surface area contributed by atoms with E-state index < -0.39 is 6.10 Å². The van der Waals surface area contributed by atoms with Crippen molar-refractivity contribution in [2.45, 2.75) is 19.4 Å². The Kier molecular flexibility index (Phi) is 5.78. The largest absolute Gasteiger partial charge is 0.480 e. The zero-order valence-electron chi connectivity index (χ0n) is 13.5. The molecule has 0 saturated carbocycles. The molecule has 22 heavy (non-hydrogen) atoms. The molecule has 2 rings (SSSR count). The Morgan fingerprint density at radius 3 is 2.68 bits per heavy atom. The summed E-state index contributed by atoms with van der Waals surface area (Å²) in [6.07, 6.45) is 0.421. The van der Waals surface area contributed by atoms with Gasteiger partial charge in [-0.2, -0.15) is 0 Å². The van der Waals surface area contributed by atoms with Gasteiger partial charge in [-0.1, -0.05) is 36.4 Å². The minimum absolute atomic E-state index is 0.0771. The summed E-state index contributed by atoms with van der Waals surface area (Å²) in [5.74, 6) is 0.667. The van der Waals surface area contributed by atoms with Gasteiger partial charge in [0, 0.05) is 11.9 Å². The van der Waals surface area contributed by atoms with Crippen molar-refractivity contribution < 1.29 is 9.53 Å². The molecule has 0 saturated heterocycles. The first-order valence-corrected chi connectivity index (χ1v) is 7.65. The maximum absolute atomic E-state index is 12.1. The fourth-order valence-electron chi connectivity index (χ4n) is 2.29. The number of fused-ring (bicyclic) bond motifs is 1. The van der Waals surface area contributed by atoms with Crippen molar-refractivity contribution in [3.8, 4) is 5.75 Å². The van der Waals surface area contributed by atoms with Crippen LogP contribution in [0, 0.1) is 0 Å². The van der Waals surface area contributed by atoms with E-state index in [4.69, 9.17) is 4.74 Å². The highest BCUT2D eigenvalue weighted by atomic mass is 16.5. The quantitative estimate of drug-likeness (QED) is 0.799. The van der Waals surface area contributed by atoms with Gasteiger partial charge < -0.3 is 15.0 Å². The lowest BCUT2D eigenvalue weighted by atomic mass is 10.1. The van der Waals surface area contributed by atoms with E-state index >= 15 is 0 Å². The predicted octanol–water partition coefficient (Wildman–Crippen LogP) is 2.68. The molecule has 0 aromatic heterocycles. The number of benzene rings is 2. The normalized spacial score (nSPS) is 12.4. The molecular weight excluding hydrogens is 276 g/mol. The number of carbonyl (C=O) groups is 1. The third-order valence-corrected chi connectivity index (χ3v) is 3.50. The van der Waals surface area contributed by atoms with Crippen molar-refractivity contribution in [2.75, 3.05) is 27.2 Å². The van der Waals surface area contributed by atoms with Gasteiger partial charge in [0.2, 0.25) is 0 Å². The summed E-state index contributed by atoms with van der Waals surface area (Å²) in [6.45, 7) is 3.40. The van der Waals surface area contributed by atoms with Crippen molar-refractivity contribution in [3.63, 3.8) is 0 Å². The highest BCUT2D eigenvalue weighted by molar-refractivity contribution is 5.89. The van der Waals surface area contributed by atoms with Crippen LogP contribution in [0.4, 0.5) is 0 Å². The van der Waals surface area contributed by atoms with E-state index in [0.717, 1.165) is 29.5 Å². The van der Waals surface area contributed by atoms with Crippen LogP contribution >= 0.6 is 0 Å². The average molecular weight is 300 g/mol. The third kappa shape index (κ3) is 4.46. The molecule has 0 aliphatic carbocycles. The molecule has 1 unspecified atom stereocenters. The van der Waals surface area contributed by atoms with Gasteiger partial charge >= 0.3 is 0 Å². The van der Waals surface area contributed by atoms with Crippen molar-refractivity contribution in [1.82, 2.24) is 10.2 Å². The van der Waals surface area contributed by atoms with Crippen LogP contribution in [-0.4, -0.2) is 44.1 Å². The standard InChI is InChI=1S/C18H24N2O2/c1-14(18(21)19-12-7-13-20(2)3)22-17-11-6-9-15-8-4-5-10-16(15)17/h4-6,8-11,14H,7,12-13H2,1-3H3,(H,19,21). The summed E-state index contributed by atoms with van der Waals surface area (Å²) in [7, 11) is 4.04. The van der Waals surface area contributed by atoms with E-state index in [0.29, 0.717) is 6.54 Å². The van der Waals surface area contributed by atoms with Gasteiger partial charge in [0.25, 0.3) is 5.91 Å². The molecule has 1 atom stereocenters. The van der Waals surface area contributed by atoms with Gasteiger partial charge in [-0.25, -0.2) is 0 Å². The maximum atomic E-state index is 12.1. The third-order valence-electron chi connectivity index (χ3n) is 3.50. The van der Waals surface area contributed by atoms with Crippen molar-refractivity contribution >= 4 is 16.7 Å². The van der Waals surface area contributed by atoms with Crippen LogP contribution < -0.4 is 10.1 Å². The number of nitrogens with zero attached hydrogens (tertiary/aromatic N) is 1. The Hall–Kier alpha value is -2.07. The second-order valence-electron chi connectivity index (χ2n) is 5.69. The van der Waals surface area contributed by atoms with Crippen LogP contribution in [0.2, 0.25) is 0 Å². The van der Waals surface area contributed by atoms with Crippen LogP contribution in [0.25, 0.3) is 10.8 Å². The second kappa shape index (κ2) is 7.80. The van der Waals surface area contributed by atoms with Gasteiger partial charge in [-0.05, 0) is 45.4 Å². The summed E-state index contributed by atoms with van der Waals surface area (Å²) in [5.41, 5.74) is 0. The first kappa shape index (κ1) is 16.3. The molecular formula is C18H24N2O2. The van der Waals surface area contributed by atoms with Gasteiger partial charge in [-0.3, -0.25) is 4.79 Å². The van der Waals surface area contributed by atoms with Gasteiger partial charge in [0.15, 0.2) is 6.10 Å². The Labute approximate surface area is 132 Å². The molecule has 0 radical (unpaired) electrons. The number of nitrogens with one attached hydrogen (secondary N) is 1. The van der Waals surface area contributed by atoms with Crippen LogP contribution in [0.3, 0.4) is 0 Å². The predicted molar refractivity (Wildman–Crippen MR) is 90.2 cm³/mol. The number of hydrogen-bond acceptors (Lipinski definition) is 3. The first-order valence-electron chi connectivity index (χ1n) is 7.65. The number of hydrogen-bond donors (Lipinski definition) is 1. The summed E-state index contributed by atoms with van der Waals surface area (Å²) in [5, 5.41) is 5.05. The Morgan fingerprint density at radius 1 is 1.18 bits per heavy atom. The smallest absolute Gasteiger partial charge is 0.260 e. The molecule has 0 heterocycles. The van der Waals surface area contributed by atoms with Crippen LogP contribution in [0.1, 0.15) is 13.3 Å². The average Bonchev–Trinajstić information content (AvgIpc) is 2.51. The number of rotatable bonds is 7. The molecule has 0 spiro atoms. The molecule has 2 aromatic rings. The van der Waals surface area contributed by atoms with Crippen LogP contribution in [0.15, 0.2) is 42.5 Å². The fraction of sp³-hybridized carbons (Fsp3) is 0.389. The SMILES string of the molecule is CC(Oc1cccc2ccccc12)C(=O)NCCCN(C)C. The molecule has 4 heteroatoms. The zero-order valence-corrected chi connectivity index (χ0v) is 13.5. The van der Waals surface area contributed by atoms with Crippen LogP contribution in [0.5, 0.6) is 5.75 Å². The van der Waals surface area contributed by atoms with E-state index in [-0.39, 0.29) is 5.91 Å².